The van der Waals surface area contributed by atoms with Gasteiger partial charge in [-0.2, -0.15) is 0 Å². The van der Waals surface area contributed by atoms with Gasteiger partial charge in [0.1, 0.15) is 0 Å². The molecule has 27 heavy (non-hydrogen) atoms. The maximum absolute atomic E-state index is 2.38. The highest BCUT2D eigenvalue weighted by molar-refractivity contribution is 7.15. The maximum Gasteiger partial charge on any atom is 0.163 e. The van der Waals surface area contributed by atoms with Crippen molar-refractivity contribution >= 4 is 23.6 Å². The van der Waals surface area contributed by atoms with Crippen molar-refractivity contribution in [1.82, 2.24) is 0 Å². The normalized spacial score (nSPS) is 14.3. The van der Waals surface area contributed by atoms with E-state index in [-0.39, 0.29) is 0 Å². The quantitative estimate of drug-likeness (QED) is 0.443. The van der Waals surface area contributed by atoms with E-state index < -0.39 is 8.07 Å². The first-order chi connectivity index (χ1) is 13.4. The molecule has 0 atom stereocenters. The van der Waals surface area contributed by atoms with E-state index in [0.717, 1.165) is 6.42 Å². The van der Waals surface area contributed by atoms with Gasteiger partial charge in [-0.15, -0.1) is 0 Å². The molecule has 0 N–H and O–H groups in total. The summed E-state index contributed by atoms with van der Waals surface area (Å²) >= 11 is 0. The van der Waals surface area contributed by atoms with Gasteiger partial charge in [-0.3, -0.25) is 0 Å². The van der Waals surface area contributed by atoms with E-state index in [1.807, 2.05) is 0 Å². The SMILES string of the molecule is CCCC1=CC=C[C]1[Si](c1ccccc1)(c1ccccc1)c1ccccc1. The van der Waals surface area contributed by atoms with Crippen LogP contribution in [0.2, 0.25) is 0 Å². The number of rotatable bonds is 6. The monoisotopic (exact) mass is 365 g/mol. The summed E-state index contributed by atoms with van der Waals surface area (Å²) in [6.45, 7) is 2.27. The number of benzene rings is 3. The second-order valence-corrected chi connectivity index (χ2v) is 10.8. The highest BCUT2D eigenvalue weighted by Gasteiger charge is 2.47. The molecule has 133 valence electrons. The summed E-state index contributed by atoms with van der Waals surface area (Å²) in [5.74, 6) is 0. The lowest BCUT2D eigenvalue weighted by atomic mass is 10.1. The van der Waals surface area contributed by atoms with E-state index in [9.17, 15) is 0 Å². The highest BCUT2D eigenvalue weighted by Crippen LogP contribution is 2.34. The molecule has 0 aliphatic heterocycles. The average Bonchev–Trinajstić information content (AvgIpc) is 3.20. The third-order valence-corrected chi connectivity index (χ3v) is 10.3. The van der Waals surface area contributed by atoms with Crippen LogP contribution >= 0.6 is 0 Å². The van der Waals surface area contributed by atoms with Gasteiger partial charge in [-0.1, -0.05) is 128 Å². The van der Waals surface area contributed by atoms with E-state index in [2.05, 4.69) is 116 Å². The zero-order chi connectivity index (χ0) is 18.5. The highest BCUT2D eigenvalue weighted by atomic mass is 28.3. The Bertz CT molecular complexity index is 827. The van der Waals surface area contributed by atoms with Crippen LogP contribution in [0.5, 0.6) is 0 Å². The lowest BCUT2D eigenvalue weighted by Gasteiger charge is -2.39. The van der Waals surface area contributed by atoms with E-state index in [1.165, 1.54) is 33.1 Å². The Labute approximate surface area is 163 Å². The Morgan fingerprint density at radius 3 is 1.48 bits per heavy atom. The van der Waals surface area contributed by atoms with E-state index >= 15 is 0 Å². The van der Waals surface area contributed by atoms with Crippen LogP contribution in [0.25, 0.3) is 0 Å². The van der Waals surface area contributed by atoms with Crippen molar-refractivity contribution in [3.63, 3.8) is 0 Å². The summed E-state index contributed by atoms with van der Waals surface area (Å²) in [5.41, 5.74) is 3.04. The molecule has 0 saturated carbocycles. The van der Waals surface area contributed by atoms with Gasteiger partial charge in [-0.25, -0.2) is 0 Å². The molecule has 0 saturated heterocycles. The summed E-state index contributed by atoms with van der Waals surface area (Å²) in [7, 11) is -2.33. The van der Waals surface area contributed by atoms with Gasteiger partial charge in [-0.05, 0) is 22.0 Å². The zero-order valence-corrected chi connectivity index (χ0v) is 16.8. The van der Waals surface area contributed by atoms with Gasteiger partial charge in [0.15, 0.2) is 8.07 Å². The molecule has 3 aromatic carbocycles. The van der Waals surface area contributed by atoms with Gasteiger partial charge in [0.2, 0.25) is 0 Å². The van der Waals surface area contributed by atoms with Gasteiger partial charge in [0.05, 0.1) is 0 Å². The molecule has 0 spiro atoms. The fraction of sp³-hybridized carbons (Fsp3) is 0.115. The molecule has 1 heteroatoms. The Morgan fingerprint density at radius 2 is 1.07 bits per heavy atom. The Hall–Kier alpha value is -2.64. The van der Waals surface area contributed by atoms with Crippen molar-refractivity contribution in [3.05, 3.63) is 120 Å². The molecule has 0 nitrogen and oxygen atoms in total. The molecule has 0 fully saturated rings. The van der Waals surface area contributed by atoms with Crippen molar-refractivity contribution < 1.29 is 0 Å². The lowest BCUT2D eigenvalue weighted by Crippen LogP contribution is -2.70. The van der Waals surface area contributed by atoms with Crippen molar-refractivity contribution in [1.29, 1.82) is 0 Å². The summed E-state index contributed by atoms with van der Waals surface area (Å²) in [4.78, 5) is 0. The zero-order valence-electron chi connectivity index (χ0n) is 15.8. The second-order valence-electron chi connectivity index (χ2n) is 7.06. The van der Waals surface area contributed by atoms with Crippen molar-refractivity contribution in [2.24, 2.45) is 0 Å². The molecule has 1 aliphatic rings. The molecular weight excluding hydrogens is 340 g/mol. The molecule has 0 unspecified atom stereocenters. The number of hydrogen-bond donors (Lipinski definition) is 0. The minimum atomic E-state index is -2.33. The first-order valence-electron chi connectivity index (χ1n) is 9.79. The fourth-order valence-corrected chi connectivity index (χ4v) is 9.39. The van der Waals surface area contributed by atoms with E-state index in [4.69, 9.17) is 0 Å². The van der Waals surface area contributed by atoms with E-state index in [1.54, 1.807) is 0 Å². The predicted octanol–water partition coefficient (Wildman–Crippen LogP) is 4.57. The van der Waals surface area contributed by atoms with Crippen LogP contribution in [0.4, 0.5) is 0 Å². The smallest absolute Gasteiger partial charge is 0.0750 e. The first kappa shape index (κ1) is 17.8. The second kappa shape index (κ2) is 7.94. The lowest BCUT2D eigenvalue weighted by molar-refractivity contribution is 0.912. The predicted molar refractivity (Wildman–Crippen MR) is 119 cm³/mol. The third kappa shape index (κ3) is 3.13. The molecule has 0 amide bonds. The van der Waals surface area contributed by atoms with Crippen molar-refractivity contribution in [3.8, 4) is 0 Å². The summed E-state index contributed by atoms with van der Waals surface area (Å²) in [5, 5.41) is 4.35. The molecule has 1 radical (unpaired) electrons. The van der Waals surface area contributed by atoms with Gasteiger partial charge >= 0.3 is 0 Å². The van der Waals surface area contributed by atoms with Crippen molar-refractivity contribution in [2.75, 3.05) is 0 Å². The molecular formula is C26H25Si. The fourth-order valence-electron chi connectivity index (χ4n) is 4.34. The van der Waals surface area contributed by atoms with Crippen LogP contribution in [-0.4, -0.2) is 8.07 Å². The minimum Gasteiger partial charge on any atom is -0.0750 e. The summed E-state index contributed by atoms with van der Waals surface area (Å²) in [6, 6.07) is 33.5. The van der Waals surface area contributed by atoms with Crippen molar-refractivity contribution in [2.45, 2.75) is 19.8 Å². The number of allylic oxidation sites excluding steroid dienone is 4. The molecule has 0 aromatic heterocycles. The van der Waals surface area contributed by atoms with Crippen LogP contribution in [-0.2, 0) is 0 Å². The minimum absolute atomic E-state index is 1.13. The molecule has 0 bridgehead atoms. The molecule has 4 rings (SSSR count). The average molecular weight is 366 g/mol. The Morgan fingerprint density at radius 1 is 0.630 bits per heavy atom. The number of hydrogen-bond acceptors (Lipinski definition) is 0. The standard InChI is InChI=1S/C26H25Si/c1-2-13-22-14-12-21-26(22)27(23-15-6-3-7-16-23,24-17-8-4-9-18-24)25-19-10-5-11-20-25/h3-12,14-21H,2,13H2,1H3. The van der Waals surface area contributed by atoms with Crippen LogP contribution in [0, 0.1) is 5.54 Å². The van der Waals surface area contributed by atoms with Crippen LogP contribution in [0.15, 0.2) is 115 Å². The van der Waals surface area contributed by atoms with E-state index in [0.29, 0.717) is 0 Å². The largest absolute Gasteiger partial charge is 0.163 e. The topological polar surface area (TPSA) is 0 Å². The molecule has 0 heterocycles. The summed E-state index contributed by atoms with van der Waals surface area (Å²) in [6.07, 6.45) is 9.25. The van der Waals surface area contributed by atoms with Gasteiger partial charge < -0.3 is 0 Å². The van der Waals surface area contributed by atoms with Crippen LogP contribution in [0.3, 0.4) is 0 Å². The maximum atomic E-state index is 2.38. The molecule has 3 aromatic rings. The summed E-state index contributed by atoms with van der Waals surface area (Å²) < 4.78 is 0. The van der Waals surface area contributed by atoms with Gasteiger partial charge in [0, 0.05) is 5.54 Å². The van der Waals surface area contributed by atoms with Crippen LogP contribution in [0.1, 0.15) is 19.8 Å². The van der Waals surface area contributed by atoms with Crippen LogP contribution < -0.4 is 15.6 Å². The Kier molecular flexibility index (Phi) is 5.22. The molecule has 1 aliphatic carbocycles. The third-order valence-electron chi connectivity index (χ3n) is 5.45. The first-order valence-corrected chi connectivity index (χ1v) is 11.8. The Balaban J connectivity index is 2.04. The van der Waals surface area contributed by atoms with Gasteiger partial charge in [0.25, 0.3) is 0 Å².